The SMILES string of the molecule is CNc1nc(-c2c(C)cccc2C)ncc1I. The third kappa shape index (κ3) is 2.41. The summed E-state index contributed by atoms with van der Waals surface area (Å²) < 4.78 is 1.03. The molecule has 0 amide bonds. The van der Waals surface area contributed by atoms with Gasteiger partial charge in [-0.15, -0.1) is 0 Å². The first-order valence-electron chi connectivity index (χ1n) is 5.40. The molecule has 1 heterocycles. The average Bonchev–Trinajstić information content (AvgIpc) is 2.31. The highest BCUT2D eigenvalue weighted by Gasteiger charge is 2.10. The summed E-state index contributed by atoms with van der Waals surface area (Å²) in [5.74, 6) is 1.66. The second-order valence-corrected chi connectivity index (χ2v) is 5.07. The standard InChI is InChI=1S/C13H14IN3/c1-8-5-4-6-9(2)11(8)13-16-7-10(14)12(15-3)17-13/h4-7H,1-3H3,(H,15,16,17). The molecule has 0 unspecified atom stereocenters. The Morgan fingerprint density at radius 1 is 1.18 bits per heavy atom. The topological polar surface area (TPSA) is 37.8 Å². The van der Waals surface area contributed by atoms with Crippen molar-refractivity contribution < 1.29 is 0 Å². The molecule has 0 atom stereocenters. The summed E-state index contributed by atoms with van der Waals surface area (Å²) in [4.78, 5) is 8.97. The lowest BCUT2D eigenvalue weighted by Gasteiger charge is -2.10. The molecule has 17 heavy (non-hydrogen) atoms. The van der Waals surface area contributed by atoms with Crippen molar-refractivity contribution in [2.24, 2.45) is 0 Å². The molecule has 0 aliphatic rings. The summed E-state index contributed by atoms with van der Waals surface area (Å²) in [6, 6.07) is 6.23. The molecule has 2 aromatic rings. The fourth-order valence-corrected chi connectivity index (χ4v) is 2.36. The van der Waals surface area contributed by atoms with Crippen LogP contribution in [-0.2, 0) is 0 Å². The molecule has 1 aromatic heterocycles. The number of hydrogen-bond donors (Lipinski definition) is 1. The lowest BCUT2D eigenvalue weighted by atomic mass is 10.0. The van der Waals surface area contributed by atoms with Crippen LogP contribution in [0.25, 0.3) is 11.4 Å². The number of rotatable bonds is 2. The Labute approximate surface area is 115 Å². The van der Waals surface area contributed by atoms with Crippen molar-refractivity contribution >= 4 is 28.4 Å². The van der Waals surface area contributed by atoms with Crippen LogP contribution in [-0.4, -0.2) is 17.0 Å². The summed E-state index contributed by atoms with van der Waals surface area (Å²) in [6.45, 7) is 4.17. The number of anilines is 1. The Kier molecular flexibility index (Phi) is 3.61. The number of nitrogens with zero attached hydrogens (tertiary/aromatic N) is 2. The van der Waals surface area contributed by atoms with E-state index in [1.165, 1.54) is 11.1 Å². The van der Waals surface area contributed by atoms with Gasteiger partial charge in [-0.25, -0.2) is 9.97 Å². The maximum atomic E-state index is 4.55. The maximum Gasteiger partial charge on any atom is 0.162 e. The van der Waals surface area contributed by atoms with Crippen LogP contribution in [0.3, 0.4) is 0 Å². The van der Waals surface area contributed by atoms with Crippen LogP contribution < -0.4 is 5.32 Å². The minimum Gasteiger partial charge on any atom is -0.372 e. The lowest BCUT2D eigenvalue weighted by molar-refractivity contribution is 1.14. The van der Waals surface area contributed by atoms with E-state index in [9.17, 15) is 0 Å². The first kappa shape index (κ1) is 12.3. The van der Waals surface area contributed by atoms with Crippen LogP contribution in [0.1, 0.15) is 11.1 Å². The number of benzene rings is 1. The first-order valence-corrected chi connectivity index (χ1v) is 6.48. The van der Waals surface area contributed by atoms with Gasteiger partial charge in [0.05, 0.1) is 3.57 Å². The molecule has 0 aliphatic heterocycles. The quantitative estimate of drug-likeness (QED) is 0.852. The summed E-state index contributed by atoms with van der Waals surface area (Å²) in [7, 11) is 1.87. The van der Waals surface area contributed by atoms with Crippen LogP contribution >= 0.6 is 22.6 Å². The van der Waals surface area contributed by atoms with Crippen LogP contribution in [0.4, 0.5) is 5.82 Å². The predicted molar refractivity (Wildman–Crippen MR) is 79.2 cm³/mol. The number of nitrogens with one attached hydrogen (secondary N) is 1. The van der Waals surface area contributed by atoms with E-state index < -0.39 is 0 Å². The van der Waals surface area contributed by atoms with E-state index in [0.717, 1.165) is 20.8 Å². The van der Waals surface area contributed by atoms with Gasteiger partial charge in [0.1, 0.15) is 5.82 Å². The molecule has 3 nitrogen and oxygen atoms in total. The van der Waals surface area contributed by atoms with E-state index in [4.69, 9.17) is 0 Å². The highest BCUT2D eigenvalue weighted by Crippen LogP contribution is 2.26. The van der Waals surface area contributed by atoms with Gasteiger partial charge in [-0.1, -0.05) is 18.2 Å². The van der Waals surface area contributed by atoms with Crippen molar-refractivity contribution in [3.05, 3.63) is 39.1 Å². The fraction of sp³-hybridized carbons (Fsp3) is 0.231. The average molecular weight is 339 g/mol. The van der Waals surface area contributed by atoms with Crippen molar-refractivity contribution in [3.8, 4) is 11.4 Å². The molecule has 0 saturated carbocycles. The Hall–Kier alpha value is -1.17. The van der Waals surface area contributed by atoms with Crippen molar-refractivity contribution in [1.82, 2.24) is 9.97 Å². The molecule has 0 fully saturated rings. The molecule has 0 saturated heterocycles. The third-order valence-electron chi connectivity index (χ3n) is 2.69. The van der Waals surface area contributed by atoms with Gasteiger partial charge in [-0.2, -0.15) is 0 Å². The maximum absolute atomic E-state index is 4.55. The molecule has 0 aliphatic carbocycles. The molecule has 2 rings (SSSR count). The van der Waals surface area contributed by atoms with Crippen molar-refractivity contribution in [3.63, 3.8) is 0 Å². The van der Waals surface area contributed by atoms with Gasteiger partial charge in [-0.05, 0) is 47.6 Å². The molecular formula is C13H14IN3. The van der Waals surface area contributed by atoms with Gasteiger partial charge in [0.15, 0.2) is 5.82 Å². The molecule has 1 N–H and O–H groups in total. The van der Waals surface area contributed by atoms with Crippen molar-refractivity contribution in [1.29, 1.82) is 0 Å². The van der Waals surface area contributed by atoms with Gasteiger partial charge in [0.25, 0.3) is 0 Å². The summed E-state index contributed by atoms with van der Waals surface area (Å²) in [5, 5.41) is 3.09. The molecule has 0 bridgehead atoms. The second-order valence-electron chi connectivity index (χ2n) is 3.91. The Morgan fingerprint density at radius 2 is 1.82 bits per heavy atom. The molecule has 0 radical (unpaired) electrons. The van der Waals surface area contributed by atoms with Crippen molar-refractivity contribution in [2.45, 2.75) is 13.8 Å². The number of hydrogen-bond acceptors (Lipinski definition) is 3. The minimum atomic E-state index is 0.783. The number of halogens is 1. The monoisotopic (exact) mass is 339 g/mol. The molecule has 88 valence electrons. The van der Waals surface area contributed by atoms with E-state index in [1.807, 2.05) is 13.2 Å². The molecule has 0 spiro atoms. The number of aromatic nitrogens is 2. The smallest absolute Gasteiger partial charge is 0.162 e. The Balaban J connectivity index is 2.61. The zero-order valence-electron chi connectivity index (χ0n) is 10.1. The van der Waals surface area contributed by atoms with Crippen LogP contribution in [0.2, 0.25) is 0 Å². The zero-order valence-corrected chi connectivity index (χ0v) is 12.2. The second kappa shape index (κ2) is 5.00. The minimum absolute atomic E-state index is 0.783. The molecule has 4 heteroatoms. The van der Waals surface area contributed by atoms with Gasteiger partial charge < -0.3 is 5.32 Å². The van der Waals surface area contributed by atoms with Crippen LogP contribution in [0, 0.1) is 17.4 Å². The normalized spacial score (nSPS) is 10.4. The van der Waals surface area contributed by atoms with Gasteiger partial charge in [-0.3, -0.25) is 0 Å². The van der Waals surface area contributed by atoms with E-state index in [1.54, 1.807) is 0 Å². The highest BCUT2D eigenvalue weighted by molar-refractivity contribution is 14.1. The Bertz CT molecular complexity index is 532. The summed E-state index contributed by atoms with van der Waals surface area (Å²) in [5.41, 5.74) is 3.53. The predicted octanol–water partition coefficient (Wildman–Crippen LogP) is 3.41. The van der Waals surface area contributed by atoms with E-state index >= 15 is 0 Å². The third-order valence-corrected chi connectivity index (χ3v) is 3.48. The molecular weight excluding hydrogens is 325 g/mol. The van der Waals surface area contributed by atoms with Gasteiger partial charge >= 0.3 is 0 Å². The lowest BCUT2D eigenvalue weighted by Crippen LogP contribution is -2.01. The van der Waals surface area contributed by atoms with Crippen LogP contribution in [0.5, 0.6) is 0 Å². The first-order chi connectivity index (χ1) is 8.13. The van der Waals surface area contributed by atoms with Crippen molar-refractivity contribution in [2.75, 3.05) is 12.4 Å². The van der Waals surface area contributed by atoms with E-state index in [2.05, 4.69) is 69.9 Å². The molecule has 1 aromatic carbocycles. The van der Waals surface area contributed by atoms with Gasteiger partial charge in [0, 0.05) is 18.8 Å². The summed E-state index contributed by atoms with van der Waals surface area (Å²) in [6.07, 6.45) is 1.85. The van der Waals surface area contributed by atoms with E-state index in [-0.39, 0.29) is 0 Å². The Morgan fingerprint density at radius 3 is 2.41 bits per heavy atom. The van der Waals surface area contributed by atoms with E-state index in [0.29, 0.717) is 0 Å². The fourth-order valence-electron chi connectivity index (χ4n) is 1.83. The van der Waals surface area contributed by atoms with Gasteiger partial charge in [0.2, 0.25) is 0 Å². The highest BCUT2D eigenvalue weighted by atomic mass is 127. The number of aryl methyl sites for hydroxylation is 2. The summed E-state index contributed by atoms with van der Waals surface area (Å²) >= 11 is 2.23. The largest absolute Gasteiger partial charge is 0.372 e. The zero-order chi connectivity index (χ0) is 12.4. The van der Waals surface area contributed by atoms with Crippen LogP contribution in [0.15, 0.2) is 24.4 Å².